The molecular formula is C20H17F3N2O2S. The monoisotopic (exact) mass is 406 g/mol. The van der Waals surface area contributed by atoms with Crippen molar-refractivity contribution in [3.63, 3.8) is 0 Å². The highest BCUT2D eigenvalue weighted by Crippen LogP contribution is 2.40. The third kappa shape index (κ3) is 3.02. The molecule has 0 saturated carbocycles. The predicted octanol–water partition coefficient (Wildman–Crippen LogP) is 4.75. The molecule has 0 amide bonds. The van der Waals surface area contributed by atoms with Gasteiger partial charge in [-0.25, -0.2) is 0 Å². The van der Waals surface area contributed by atoms with Crippen LogP contribution in [0.5, 0.6) is 0 Å². The van der Waals surface area contributed by atoms with Crippen LogP contribution in [0.3, 0.4) is 0 Å². The maximum Gasteiger partial charge on any atom is 0.416 e. The second-order valence-corrected chi connectivity index (χ2v) is 8.08. The molecule has 146 valence electrons. The Labute approximate surface area is 161 Å². The minimum absolute atomic E-state index is 0.245. The zero-order valence-electron chi connectivity index (χ0n) is 15.1. The summed E-state index contributed by atoms with van der Waals surface area (Å²) < 4.78 is 40.8. The van der Waals surface area contributed by atoms with Crippen LogP contribution in [0.1, 0.15) is 10.4 Å². The molecule has 3 aromatic heterocycles. The van der Waals surface area contributed by atoms with Gasteiger partial charge in [-0.2, -0.15) is 13.2 Å². The van der Waals surface area contributed by atoms with Crippen LogP contribution in [-0.2, 0) is 6.54 Å². The Hall–Kier alpha value is -2.58. The van der Waals surface area contributed by atoms with E-state index >= 15 is 0 Å². The summed E-state index contributed by atoms with van der Waals surface area (Å²) in [4.78, 5) is 16.3. The van der Waals surface area contributed by atoms with Crippen LogP contribution in [0.2, 0.25) is 0 Å². The Morgan fingerprint density at radius 2 is 1.89 bits per heavy atom. The molecule has 1 aromatic carbocycles. The number of hydrogen-bond acceptors (Lipinski definition) is 3. The smallest absolute Gasteiger partial charge is 0.382 e. The number of aliphatic hydroxyl groups is 1. The van der Waals surface area contributed by atoms with Crippen molar-refractivity contribution in [3.8, 4) is 10.6 Å². The highest BCUT2D eigenvalue weighted by atomic mass is 32.1. The molecule has 0 aliphatic carbocycles. The number of aliphatic hydroxyl groups excluding tert-OH is 1. The normalized spacial score (nSPS) is 13.5. The number of aromatic nitrogens is 2. The van der Waals surface area contributed by atoms with Gasteiger partial charge in [-0.05, 0) is 49.7 Å². The topological polar surface area (TPSA) is 58.0 Å². The summed E-state index contributed by atoms with van der Waals surface area (Å²) in [6, 6.07) is 10.2. The van der Waals surface area contributed by atoms with Crippen LogP contribution >= 0.6 is 11.3 Å². The van der Waals surface area contributed by atoms with Gasteiger partial charge in [0.05, 0.1) is 17.1 Å². The van der Waals surface area contributed by atoms with E-state index in [1.165, 1.54) is 22.0 Å². The molecule has 4 rings (SSSR count). The molecule has 0 fully saturated rings. The van der Waals surface area contributed by atoms with Crippen molar-refractivity contribution in [2.75, 3.05) is 0 Å². The fraction of sp³-hybridized carbons (Fsp3) is 0.250. The van der Waals surface area contributed by atoms with Crippen LogP contribution in [0.15, 0.2) is 41.2 Å². The van der Waals surface area contributed by atoms with Gasteiger partial charge in [0, 0.05) is 32.7 Å². The quantitative estimate of drug-likeness (QED) is 0.516. The molecule has 1 unspecified atom stereocenters. The highest BCUT2D eigenvalue weighted by Gasteiger charge is 2.39. The first-order valence-electron chi connectivity index (χ1n) is 8.63. The average molecular weight is 406 g/mol. The van der Waals surface area contributed by atoms with Crippen molar-refractivity contribution < 1.29 is 18.3 Å². The van der Waals surface area contributed by atoms with Crippen LogP contribution in [0.25, 0.3) is 32.4 Å². The van der Waals surface area contributed by atoms with Gasteiger partial charge in [0.15, 0.2) is 6.10 Å². The number of aromatic amines is 1. The molecule has 0 aliphatic rings. The van der Waals surface area contributed by atoms with Crippen molar-refractivity contribution in [1.82, 2.24) is 9.55 Å². The van der Waals surface area contributed by atoms with Gasteiger partial charge in [0.25, 0.3) is 0 Å². The minimum atomic E-state index is -4.71. The van der Waals surface area contributed by atoms with Gasteiger partial charge < -0.3 is 14.7 Å². The van der Waals surface area contributed by atoms with Crippen molar-refractivity contribution in [2.24, 2.45) is 0 Å². The fourth-order valence-corrected chi connectivity index (χ4v) is 4.61. The van der Waals surface area contributed by atoms with E-state index in [2.05, 4.69) is 4.98 Å². The first-order valence-corrected chi connectivity index (χ1v) is 9.45. The van der Waals surface area contributed by atoms with Gasteiger partial charge in [-0.1, -0.05) is 0 Å². The summed E-state index contributed by atoms with van der Waals surface area (Å²) in [6.45, 7) is 3.18. The number of aryl methyl sites for hydroxylation is 2. The molecule has 0 radical (unpaired) electrons. The highest BCUT2D eigenvalue weighted by molar-refractivity contribution is 7.15. The summed E-state index contributed by atoms with van der Waals surface area (Å²) in [6.07, 6.45) is -7.19. The van der Waals surface area contributed by atoms with E-state index in [1.54, 1.807) is 18.2 Å². The van der Waals surface area contributed by atoms with Gasteiger partial charge in [0.1, 0.15) is 0 Å². The molecule has 1 atom stereocenters. The number of H-pyrrole nitrogens is 1. The SMILES string of the molecule is Cc1ccc(-c2c(C)c3c4ccc(=O)[nH]c4ccc3n2CC(O)C(F)(F)F)s1. The number of pyridine rings is 1. The lowest BCUT2D eigenvalue weighted by atomic mass is 10.1. The third-order valence-electron chi connectivity index (χ3n) is 4.88. The second-order valence-electron chi connectivity index (χ2n) is 6.80. The summed E-state index contributed by atoms with van der Waals surface area (Å²) in [5, 5.41) is 11.3. The maximum atomic E-state index is 13.1. The number of thiophene rings is 1. The average Bonchev–Trinajstić information content (AvgIpc) is 3.15. The second kappa shape index (κ2) is 6.49. The van der Waals surface area contributed by atoms with E-state index in [-0.39, 0.29) is 5.56 Å². The van der Waals surface area contributed by atoms with E-state index in [0.717, 1.165) is 26.1 Å². The lowest BCUT2D eigenvalue weighted by Gasteiger charge is -2.18. The molecule has 0 saturated heterocycles. The summed E-state index contributed by atoms with van der Waals surface area (Å²) in [5.41, 5.74) is 2.41. The number of hydrogen-bond donors (Lipinski definition) is 2. The molecule has 0 bridgehead atoms. The van der Waals surface area contributed by atoms with Gasteiger partial charge >= 0.3 is 6.18 Å². The molecule has 8 heteroatoms. The Morgan fingerprint density at radius 1 is 1.14 bits per heavy atom. The van der Waals surface area contributed by atoms with Crippen molar-refractivity contribution in [3.05, 3.63) is 57.2 Å². The van der Waals surface area contributed by atoms with Crippen LogP contribution in [0, 0.1) is 13.8 Å². The molecular weight excluding hydrogens is 389 g/mol. The number of benzene rings is 1. The first kappa shape index (κ1) is 18.8. The number of rotatable bonds is 3. The largest absolute Gasteiger partial charge is 0.416 e. The molecule has 0 aliphatic heterocycles. The summed E-state index contributed by atoms with van der Waals surface area (Å²) in [7, 11) is 0. The Bertz CT molecular complexity index is 1250. The maximum absolute atomic E-state index is 13.1. The molecule has 4 aromatic rings. The van der Waals surface area contributed by atoms with E-state index < -0.39 is 18.8 Å². The van der Waals surface area contributed by atoms with Gasteiger partial charge in [0.2, 0.25) is 5.56 Å². The van der Waals surface area contributed by atoms with Crippen LogP contribution < -0.4 is 5.56 Å². The number of nitrogens with one attached hydrogen (secondary N) is 1. The van der Waals surface area contributed by atoms with E-state index in [9.17, 15) is 23.1 Å². The zero-order valence-corrected chi connectivity index (χ0v) is 15.9. The summed E-state index contributed by atoms with van der Waals surface area (Å²) >= 11 is 1.49. The van der Waals surface area contributed by atoms with E-state index in [4.69, 9.17) is 0 Å². The molecule has 3 heterocycles. The van der Waals surface area contributed by atoms with Crippen LogP contribution in [-0.4, -0.2) is 26.9 Å². The molecule has 28 heavy (non-hydrogen) atoms. The molecule has 4 nitrogen and oxygen atoms in total. The standard InChI is InChI=1S/C20H17F3N2O2S/c1-10-3-7-15(28-10)19-11(2)18-12-4-8-17(27)24-13(12)5-6-14(18)25(19)9-16(26)20(21,22)23/h3-8,16,26H,9H2,1-2H3,(H,24,27). The number of nitrogens with zero attached hydrogens (tertiary/aromatic N) is 1. The van der Waals surface area contributed by atoms with E-state index in [1.807, 2.05) is 26.0 Å². The lowest BCUT2D eigenvalue weighted by molar-refractivity contribution is -0.207. The van der Waals surface area contributed by atoms with Crippen LogP contribution in [0.4, 0.5) is 13.2 Å². The summed E-state index contributed by atoms with van der Waals surface area (Å²) in [5.74, 6) is 0. The zero-order chi connectivity index (χ0) is 20.2. The lowest BCUT2D eigenvalue weighted by Crippen LogP contribution is -2.32. The Kier molecular flexibility index (Phi) is 4.35. The van der Waals surface area contributed by atoms with Gasteiger partial charge in [-0.3, -0.25) is 4.79 Å². The Balaban J connectivity index is 2.06. The number of fused-ring (bicyclic) bond motifs is 3. The third-order valence-corrected chi connectivity index (χ3v) is 5.89. The van der Waals surface area contributed by atoms with Gasteiger partial charge in [-0.15, -0.1) is 11.3 Å². The van der Waals surface area contributed by atoms with Crippen molar-refractivity contribution in [2.45, 2.75) is 32.7 Å². The minimum Gasteiger partial charge on any atom is -0.382 e. The predicted molar refractivity (Wildman–Crippen MR) is 105 cm³/mol. The first-order chi connectivity index (χ1) is 13.2. The fourth-order valence-electron chi connectivity index (χ4n) is 3.63. The molecule has 0 spiro atoms. The Morgan fingerprint density at radius 3 is 2.54 bits per heavy atom. The van der Waals surface area contributed by atoms with Crippen molar-refractivity contribution >= 4 is 33.1 Å². The number of halogens is 3. The van der Waals surface area contributed by atoms with E-state index in [0.29, 0.717) is 16.7 Å². The number of alkyl halides is 3. The van der Waals surface area contributed by atoms with Crippen molar-refractivity contribution in [1.29, 1.82) is 0 Å². The molecule has 2 N–H and O–H groups in total.